The summed E-state index contributed by atoms with van der Waals surface area (Å²) in [4.78, 5) is 15.7. The number of rotatable bonds is 7. The number of aliphatic hydroxyl groups excluding tert-OH is 1. The molecule has 7 nitrogen and oxygen atoms in total. The Hall–Kier alpha value is -2.55. The number of pyridine rings is 2. The highest BCUT2D eigenvalue weighted by atomic mass is 32.1. The zero-order valence-electron chi connectivity index (χ0n) is 16.3. The number of aromatic nitrogens is 3. The van der Waals surface area contributed by atoms with Crippen molar-refractivity contribution in [1.82, 2.24) is 19.9 Å². The number of nitrogens with zero attached hydrogens (tertiary/aromatic N) is 4. The molecule has 3 aromatic rings. The van der Waals surface area contributed by atoms with Crippen LogP contribution in [-0.4, -0.2) is 44.4 Å². The monoisotopic (exact) mass is 410 g/mol. The lowest BCUT2D eigenvalue weighted by Gasteiger charge is -2.20. The Balaban J connectivity index is 1.34. The van der Waals surface area contributed by atoms with Gasteiger partial charge in [0.1, 0.15) is 16.6 Å². The van der Waals surface area contributed by atoms with Crippen LogP contribution in [0.25, 0.3) is 10.6 Å². The molecule has 1 fully saturated rings. The molecule has 0 amide bonds. The largest absolute Gasteiger partial charge is 0.356 e. The molecule has 0 bridgehead atoms. The summed E-state index contributed by atoms with van der Waals surface area (Å²) in [5.74, 6) is 1.25. The van der Waals surface area contributed by atoms with Crippen LogP contribution >= 0.6 is 11.3 Å². The summed E-state index contributed by atoms with van der Waals surface area (Å²) in [5.41, 5.74) is 2.01. The maximum atomic E-state index is 10.4. The van der Waals surface area contributed by atoms with E-state index in [2.05, 4.69) is 30.5 Å². The van der Waals surface area contributed by atoms with Gasteiger partial charge in [-0.05, 0) is 50.2 Å². The fourth-order valence-corrected chi connectivity index (χ4v) is 4.22. The van der Waals surface area contributed by atoms with E-state index in [1.54, 1.807) is 12.4 Å². The van der Waals surface area contributed by atoms with E-state index in [1.165, 1.54) is 37.0 Å². The summed E-state index contributed by atoms with van der Waals surface area (Å²) in [6.07, 6.45) is 7.66. The molecule has 0 aromatic carbocycles. The molecular weight excluding hydrogens is 384 g/mol. The van der Waals surface area contributed by atoms with Crippen molar-refractivity contribution in [2.45, 2.75) is 38.6 Å². The Morgan fingerprint density at radius 2 is 1.72 bits per heavy atom. The standard InChI is InChI=1S/C21H26N6OS/c28-21(26-19-15-29-20(24-19)16-8-10-22-11-9-16)25-18-7-5-6-17(23-18)14-27-12-3-1-2-4-13-27/h5-11,15,21,26,28H,1-4,12-14H2,(H,23,25). The zero-order valence-corrected chi connectivity index (χ0v) is 17.1. The van der Waals surface area contributed by atoms with Gasteiger partial charge in [-0.3, -0.25) is 9.88 Å². The van der Waals surface area contributed by atoms with E-state index in [1.807, 2.05) is 35.7 Å². The molecule has 8 heteroatoms. The van der Waals surface area contributed by atoms with Crippen LogP contribution in [0.1, 0.15) is 31.4 Å². The Morgan fingerprint density at radius 3 is 2.52 bits per heavy atom. The Labute approximate surface area is 174 Å². The molecule has 29 heavy (non-hydrogen) atoms. The Morgan fingerprint density at radius 1 is 0.966 bits per heavy atom. The van der Waals surface area contributed by atoms with Gasteiger partial charge in [0.2, 0.25) is 6.35 Å². The minimum absolute atomic E-state index is 0.613. The van der Waals surface area contributed by atoms with Gasteiger partial charge in [-0.15, -0.1) is 11.3 Å². The number of anilines is 2. The SMILES string of the molecule is OC(Nc1cccc(CN2CCCCCC2)n1)Nc1csc(-c2ccncc2)n1. The van der Waals surface area contributed by atoms with Crippen LogP contribution in [0.4, 0.5) is 11.6 Å². The highest BCUT2D eigenvalue weighted by molar-refractivity contribution is 7.13. The first-order chi connectivity index (χ1) is 14.3. The van der Waals surface area contributed by atoms with Gasteiger partial charge in [0.05, 0.1) is 5.69 Å². The van der Waals surface area contributed by atoms with Crippen molar-refractivity contribution in [3.63, 3.8) is 0 Å². The Kier molecular flexibility index (Phi) is 6.66. The topological polar surface area (TPSA) is 86.2 Å². The molecule has 152 valence electrons. The fraction of sp³-hybridized carbons (Fsp3) is 0.381. The van der Waals surface area contributed by atoms with Crippen LogP contribution in [-0.2, 0) is 6.54 Å². The fourth-order valence-electron chi connectivity index (χ4n) is 3.45. The average Bonchev–Trinajstić information content (AvgIpc) is 3.04. The highest BCUT2D eigenvalue weighted by Gasteiger charge is 2.12. The van der Waals surface area contributed by atoms with Gasteiger partial charge in [0.15, 0.2) is 0 Å². The summed E-state index contributed by atoms with van der Waals surface area (Å²) in [7, 11) is 0. The lowest BCUT2D eigenvalue weighted by Crippen LogP contribution is -2.29. The molecule has 0 spiro atoms. The van der Waals surface area contributed by atoms with E-state index >= 15 is 0 Å². The molecule has 1 atom stereocenters. The van der Waals surface area contributed by atoms with Crippen molar-refractivity contribution in [1.29, 1.82) is 0 Å². The summed E-state index contributed by atoms with van der Waals surface area (Å²) in [5, 5.41) is 19.1. The molecule has 0 saturated carbocycles. The van der Waals surface area contributed by atoms with Gasteiger partial charge in [-0.25, -0.2) is 9.97 Å². The van der Waals surface area contributed by atoms with E-state index in [4.69, 9.17) is 0 Å². The zero-order chi connectivity index (χ0) is 19.9. The van der Waals surface area contributed by atoms with Gasteiger partial charge < -0.3 is 15.7 Å². The Bertz CT molecular complexity index is 895. The quantitative estimate of drug-likeness (QED) is 0.511. The van der Waals surface area contributed by atoms with E-state index in [0.717, 1.165) is 35.9 Å². The lowest BCUT2D eigenvalue weighted by molar-refractivity contribution is 0.231. The number of nitrogens with one attached hydrogen (secondary N) is 2. The van der Waals surface area contributed by atoms with Crippen LogP contribution in [0.2, 0.25) is 0 Å². The molecule has 0 radical (unpaired) electrons. The molecule has 3 aromatic heterocycles. The minimum atomic E-state index is -0.983. The van der Waals surface area contributed by atoms with Gasteiger partial charge in [0, 0.05) is 29.9 Å². The van der Waals surface area contributed by atoms with Gasteiger partial charge >= 0.3 is 0 Å². The minimum Gasteiger partial charge on any atom is -0.356 e. The second-order valence-electron chi connectivity index (χ2n) is 7.17. The molecule has 1 unspecified atom stereocenters. The van der Waals surface area contributed by atoms with E-state index in [-0.39, 0.29) is 0 Å². The molecule has 1 aliphatic heterocycles. The number of likely N-dealkylation sites (tertiary alicyclic amines) is 1. The average molecular weight is 411 g/mol. The maximum absolute atomic E-state index is 10.4. The number of thiazole rings is 1. The molecule has 1 saturated heterocycles. The van der Waals surface area contributed by atoms with Crippen LogP contribution < -0.4 is 10.6 Å². The predicted octanol–water partition coefficient (Wildman–Crippen LogP) is 3.78. The van der Waals surface area contributed by atoms with Crippen LogP contribution in [0.15, 0.2) is 48.1 Å². The predicted molar refractivity (Wildman–Crippen MR) is 117 cm³/mol. The van der Waals surface area contributed by atoms with Crippen molar-refractivity contribution in [2.24, 2.45) is 0 Å². The van der Waals surface area contributed by atoms with E-state index < -0.39 is 6.35 Å². The molecular formula is C21H26N6OS. The third kappa shape index (κ3) is 5.72. The van der Waals surface area contributed by atoms with E-state index in [0.29, 0.717) is 11.6 Å². The maximum Gasteiger partial charge on any atom is 0.205 e. The summed E-state index contributed by atoms with van der Waals surface area (Å²) in [6.45, 7) is 3.11. The first kappa shape index (κ1) is 19.8. The van der Waals surface area contributed by atoms with Crippen LogP contribution in [0, 0.1) is 0 Å². The second-order valence-corrected chi connectivity index (χ2v) is 8.03. The summed E-state index contributed by atoms with van der Waals surface area (Å²) in [6, 6.07) is 9.70. The second kappa shape index (κ2) is 9.78. The molecule has 3 N–H and O–H groups in total. The van der Waals surface area contributed by atoms with E-state index in [9.17, 15) is 5.11 Å². The number of hydrogen-bond donors (Lipinski definition) is 3. The normalized spacial score (nSPS) is 16.2. The first-order valence-corrected chi connectivity index (χ1v) is 10.9. The van der Waals surface area contributed by atoms with Crippen molar-refractivity contribution in [3.8, 4) is 10.6 Å². The first-order valence-electron chi connectivity index (χ1n) is 10.0. The smallest absolute Gasteiger partial charge is 0.205 e. The van der Waals surface area contributed by atoms with Crippen LogP contribution in [0.3, 0.4) is 0 Å². The van der Waals surface area contributed by atoms with Crippen molar-refractivity contribution in [2.75, 3.05) is 23.7 Å². The van der Waals surface area contributed by atoms with Gasteiger partial charge in [-0.1, -0.05) is 18.9 Å². The van der Waals surface area contributed by atoms with Crippen molar-refractivity contribution < 1.29 is 5.11 Å². The highest BCUT2D eigenvalue weighted by Crippen LogP contribution is 2.25. The molecule has 1 aliphatic rings. The lowest BCUT2D eigenvalue weighted by atomic mass is 10.2. The summed E-state index contributed by atoms with van der Waals surface area (Å²) < 4.78 is 0. The molecule has 4 heterocycles. The van der Waals surface area contributed by atoms with Gasteiger partial charge in [-0.2, -0.15) is 0 Å². The van der Waals surface area contributed by atoms with Gasteiger partial charge in [0.25, 0.3) is 0 Å². The molecule has 4 rings (SSSR count). The van der Waals surface area contributed by atoms with Crippen LogP contribution in [0.5, 0.6) is 0 Å². The summed E-state index contributed by atoms with van der Waals surface area (Å²) >= 11 is 1.51. The van der Waals surface area contributed by atoms with Crippen molar-refractivity contribution >= 4 is 23.0 Å². The third-order valence-corrected chi connectivity index (χ3v) is 5.78. The number of aliphatic hydroxyl groups is 1. The third-order valence-electron chi connectivity index (χ3n) is 4.89. The van der Waals surface area contributed by atoms with Crippen molar-refractivity contribution in [3.05, 3.63) is 53.8 Å². The molecule has 0 aliphatic carbocycles. The number of hydrogen-bond acceptors (Lipinski definition) is 8.